The molecule has 1 amide bonds. The first kappa shape index (κ1) is 21.8. The van der Waals surface area contributed by atoms with Gasteiger partial charge in [0, 0.05) is 26.2 Å². The number of amides is 1. The minimum atomic E-state index is -0.466. The maximum Gasteiger partial charge on any atom is 0.407 e. The SMILES string of the molecule is CCNC(=NCCC1CCN(C)CC1)N1CCC(NC(=O)OC(C)(C)C)C1. The highest BCUT2D eigenvalue weighted by Gasteiger charge is 2.28. The molecule has 0 aromatic carbocycles. The van der Waals surface area contributed by atoms with Crippen LogP contribution in [0.5, 0.6) is 0 Å². The zero-order valence-electron chi connectivity index (χ0n) is 17.9. The van der Waals surface area contributed by atoms with Gasteiger partial charge < -0.3 is 25.2 Å². The predicted octanol–water partition coefficient (Wildman–Crippen LogP) is 2.28. The molecule has 0 spiro atoms. The second-order valence-corrected chi connectivity index (χ2v) is 8.85. The number of alkyl carbamates (subject to hydrolysis) is 1. The maximum absolute atomic E-state index is 12.0. The van der Waals surface area contributed by atoms with Gasteiger partial charge in [-0.25, -0.2) is 4.79 Å². The van der Waals surface area contributed by atoms with Crippen LogP contribution < -0.4 is 10.6 Å². The number of nitrogens with one attached hydrogen (secondary N) is 2. The molecule has 27 heavy (non-hydrogen) atoms. The number of hydrogen-bond donors (Lipinski definition) is 2. The van der Waals surface area contributed by atoms with Crippen molar-refractivity contribution in [1.29, 1.82) is 0 Å². The second-order valence-electron chi connectivity index (χ2n) is 8.85. The van der Waals surface area contributed by atoms with E-state index in [-0.39, 0.29) is 12.1 Å². The van der Waals surface area contributed by atoms with Crippen LogP contribution in [0.1, 0.15) is 53.4 Å². The monoisotopic (exact) mass is 381 g/mol. The van der Waals surface area contributed by atoms with Crippen LogP contribution in [0.2, 0.25) is 0 Å². The molecule has 2 rings (SSSR count). The molecule has 0 saturated carbocycles. The van der Waals surface area contributed by atoms with Gasteiger partial charge in [-0.05, 0) is 79.4 Å². The molecule has 7 heteroatoms. The summed E-state index contributed by atoms with van der Waals surface area (Å²) >= 11 is 0. The third kappa shape index (κ3) is 7.95. The Morgan fingerprint density at radius 2 is 1.89 bits per heavy atom. The molecule has 0 bridgehead atoms. The van der Waals surface area contributed by atoms with E-state index in [1.807, 2.05) is 20.8 Å². The summed E-state index contributed by atoms with van der Waals surface area (Å²) in [6, 6.07) is 0.109. The molecule has 1 unspecified atom stereocenters. The Morgan fingerprint density at radius 3 is 2.52 bits per heavy atom. The predicted molar refractivity (Wildman–Crippen MR) is 110 cm³/mol. The van der Waals surface area contributed by atoms with Gasteiger partial charge in [0.2, 0.25) is 0 Å². The Balaban J connectivity index is 1.79. The van der Waals surface area contributed by atoms with Crippen LogP contribution >= 0.6 is 0 Å². The molecule has 7 nitrogen and oxygen atoms in total. The van der Waals surface area contributed by atoms with E-state index in [1.165, 1.54) is 25.9 Å². The molecule has 0 aliphatic carbocycles. The van der Waals surface area contributed by atoms with E-state index in [1.54, 1.807) is 0 Å². The van der Waals surface area contributed by atoms with Crippen LogP contribution in [-0.4, -0.2) is 79.8 Å². The highest BCUT2D eigenvalue weighted by molar-refractivity contribution is 5.80. The zero-order valence-corrected chi connectivity index (χ0v) is 17.9. The Labute approximate surface area is 164 Å². The van der Waals surface area contributed by atoms with E-state index in [0.717, 1.165) is 50.9 Å². The summed E-state index contributed by atoms with van der Waals surface area (Å²) in [7, 11) is 2.20. The lowest BCUT2D eigenvalue weighted by Crippen LogP contribution is -2.44. The zero-order chi connectivity index (χ0) is 19.9. The van der Waals surface area contributed by atoms with Gasteiger partial charge in [0.25, 0.3) is 0 Å². The lowest BCUT2D eigenvalue weighted by Gasteiger charge is -2.28. The number of guanidine groups is 1. The summed E-state index contributed by atoms with van der Waals surface area (Å²) < 4.78 is 5.36. The lowest BCUT2D eigenvalue weighted by molar-refractivity contribution is 0.0507. The normalized spacial score (nSPS) is 22.8. The van der Waals surface area contributed by atoms with Crippen LogP contribution in [0.25, 0.3) is 0 Å². The van der Waals surface area contributed by atoms with Gasteiger partial charge >= 0.3 is 6.09 Å². The molecule has 2 aliphatic rings. The number of rotatable bonds is 5. The van der Waals surface area contributed by atoms with Crippen molar-refractivity contribution in [3.05, 3.63) is 0 Å². The summed E-state index contributed by atoms with van der Waals surface area (Å²) in [5.41, 5.74) is -0.466. The number of likely N-dealkylation sites (tertiary alicyclic amines) is 2. The van der Waals surface area contributed by atoms with Crippen molar-refractivity contribution in [3.63, 3.8) is 0 Å². The third-order valence-electron chi connectivity index (χ3n) is 5.18. The summed E-state index contributed by atoms with van der Waals surface area (Å²) in [5, 5.41) is 6.39. The van der Waals surface area contributed by atoms with Crippen molar-refractivity contribution >= 4 is 12.1 Å². The highest BCUT2D eigenvalue weighted by Crippen LogP contribution is 2.19. The standard InChI is InChI=1S/C20H39N5O2/c1-6-21-18(22-11-7-16-8-12-24(5)13-9-16)25-14-10-17(15-25)23-19(26)27-20(2,3)4/h16-17H,6-15H2,1-5H3,(H,21,22)(H,23,26). The largest absolute Gasteiger partial charge is 0.444 e. The van der Waals surface area contributed by atoms with E-state index >= 15 is 0 Å². The Morgan fingerprint density at radius 1 is 1.19 bits per heavy atom. The smallest absolute Gasteiger partial charge is 0.407 e. The fourth-order valence-electron chi connectivity index (χ4n) is 3.67. The van der Waals surface area contributed by atoms with Crippen molar-refractivity contribution in [2.45, 2.75) is 65.0 Å². The molecule has 2 fully saturated rings. The number of aliphatic imine (C=N–C) groups is 1. The Bertz CT molecular complexity index is 495. The Hall–Kier alpha value is -1.50. The molecule has 0 radical (unpaired) electrons. The molecule has 2 N–H and O–H groups in total. The average molecular weight is 382 g/mol. The van der Waals surface area contributed by atoms with Gasteiger partial charge in [-0.3, -0.25) is 4.99 Å². The first-order chi connectivity index (χ1) is 12.8. The van der Waals surface area contributed by atoms with Crippen LogP contribution in [0.15, 0.2) is 4.99 Å². The number of carbonyl (C=O) groups excluding carboxylic acids is 1. The first-order valence-electron chi connectivity index (χ1n) is 10.5. The molecular weight excluding hydrogens is 342 g/mol. The van der Waals surface area contributed by atoms with E-state index < -0.39 is 5.60 Å². The van der Waals surface area contributed by atoms with Crippen molar-refractivity contribution in [2.75, 3.05) is 46.3 Å². The first-order valence-corrected chi connectivity index (χ1v) is 10.5. The molecule has 2 heterocycles. The van der Waals surface area contributed by atoms with Gasteiger partial charge in [0.05, 0.1) is 6.04 Å². The van der Waals surface area contributed by atoms with Gasteiger partial charge in [0.15, 0.2) is 5.96 Å². The highest BCUT2D eigenvalue weighted by atomic mass is 16.6. The van der Waals surface area contributed by atoms with Gasteiger partial charge in [0.1, 0.15) is 5.60 Å². The van der Waals surface area contributed by atoms with Gasteiger partial charge in [-0.15, -0.1) is 0 Å². The third-order valence-corrected chi connectivity index (χ3v) is 5.18. The van der Waals surface area contributed by atoms with E-state index in [0.29, 0.717) is 0 Å². The van der Waals surface area contributed by atoms with Crippen LogP contribution in [0, 0.1) is 5.92 Å². The minimum Gasteiger partial charge on any atom is -0.444 e. The average Bonchev–Trinajstić information content (AvgIpc) is 3.02. The van der Waals surface area contributed by atoms with E-state index in [9.17, 15) is 4.79 Å². The number of ether oxygens (including phenoxy) is 1. The lowest BCUT2D eigenvalue weighted by atomic mass is 9.94. The molecule has 0 aromatic heterocycles. The fraction of sp³-hybridized carbons (Fsp3) is 0.900. The topological polar surface area (TPSA) is 69.2 Å². The van der Waals surface area contributed by atoms with Crippen molar-refractivity contribution in [3.8, 4) is 0 Å². The summed E-state index contributed by atoms with van der Waals surface area (Å²) in [6.07, 6.45) is 4.32. The van der Waals surface area contributed by atoms with Gasteiger partial charge in [-0.1, -0.05) is 0 Å². The van der Waals surface area contributed by atoms with Crippen molar-refractivity contribution < 1.29 is 9.53 Å². The van der Waals surface area contributed by atoms with E-state index in [2.05, 4.69) is 34.4 Å². The minimum absolute atomic E-state index is 0.109. The molecular formula is C20H39N5O2. The van der Waals surface area contributed by atoms with Crippen molar-refractivity contribution in [1.82, 2.24) is 20.4 Å². The van der Waals surface area contributed by atoms with E-state index in [4.69, 9.17) is 9.73 Å². The van der Waals surface area contributed by atoms with Crippen LogP contribution in [0.3, 0.4) is 0 Å². The summed E-state index contributed by atoms with van der Waals surface area (Å²) in [5.74, 6) is 1.77. The quantitative estimate of drug-likeness (QED) is 0.565. The van der Waals surface area contributed by atoms with Crippen molar-refractivity contribution in [2.24, 2.45) is 10.9 Å². The molecule has 0 aromatic rings. The summed E-state index contributed by atoms with van der Waals surface area (Å²) in [6.45, 7) is 13.6. The Kier molecular flexibility index (Phi) is 8.20. The van der Waals surface area contributed by atoms with Crippen LogP contribution in [0.4, 0.5) is 4.79 Å². The molecule has 1 atom stereocenters. The molecule has 2 aliphatic heterocycles. The summed E-state index contributed by atoms with van der Waals surface area (Å²) in [4.78, 5) is 21.5. The number of carbonyl (C=O) groups is 1. The fourth-order valence-corrected chi connectivity index (χ4v) is 3.67. The maximum atomic E-state index is 12.0. The second kappa shape index (κ2) is 10.2. The van der Waals surface area contributed by atoms with Gasteiger partial charge in [-0.2, -0.15) is 0 Å². The molecule has 2 saturated heterocycles. The molecule has 156 valence electrons. The number of piperidine rings is 1. The number of hydrogen-bond acceptors (Lipinski definition) is 4. The van der Waals surface area contributed by atoms with Crippen LogP contribution in [-0.2, 0) is 4.74 Å². The number of nitrogens with zero attached hydrogens (tertiary/aromatic N) is 3.